The van der Waals surface area contributed by atoms with Crippen LogP contribution in [0, 0.1) is 0 Å². The van der Waals surface area contributed by atoms with Crippen molar-refractivity contribution < 1.29 is 0 Å². The van der Waals surface area contributed by atoms with Crippen molar-refractivity contribution in [3.63, 3.8) is 0 Å². The molecule has 176 valence electrons. The number of hydrogen-bond donors (Lipinski definition) is 1. The summed E-state index contributed by atoms with van der Waals surface area (Å²) in [6.07, 6.45) is 0. The van der Waals surface area contributed by atoms with Gasteiger partial charge in [-0.3, -0.25) is 0 Å². The van der Waals surface area contributed by atoms with Crippen molar-refractivity contribution in [3.8, 4) is 0 Å². The number of rotatable bonds is 7. The zero-order chi connectivity index (χ0) is 24.4. The summed E-state index contributed by atoms with van der Waals surface area (Å²) in [5.74, 6) is 0. The fraction of sp³-hybridized carbons (Fsp3) is 0.138. The summed E-state index contributed by atoms with van der Waals surface area (Å²) < 4.78 is 0. The van der Waals surface area contributed by atoms with Crippen LogP contribution in [0.3, 0.4) is 0 Å². The lowest BCUT2D eigenvalue weighted by Crippen LogP contribution is -2.34. The van der Waals surface area contributed by atoms with Crippen molar-refractivity contribution in [2.24, 2.45) is 0 Å². The lowest BCUT2D eigenvalue weighted by Gasteiger charge is -2.31. The van der Waals surface area contributed by atoms with E-state index < -0.39 is 0 Å². The van der Waals surface area contributed by atoms with E-state index in [4.69, 9.17) is 28.2 Å². The number of pyridine rings is 1. The van der Waals surface area contributed by atoms with Crippen LogP contribution >= 0.6 is 35.0 Å². The van der Waals surface area contributed by atoms with Crippen molar-refractivity contribution >= 4 is 73.8 Å². The Labute approximate surface area is 220 Å². The van der Waals surface area contributed by atoms with E-state index in [9.17, 15) is 0 Å². The number of halogens is 2. The summed E-state index contributed by atoms with van der Waals surface area (Å²) in [5.41, 5.74) is 4.18. The van der Waals surface area contributed by atoms with E-state index in [1.807, 2.05) is 55.1 Å². The highest BCUT2D eigenvalue weighted by molar-refractivity contribution is 7.99. The predicted octanol–water partition coefficient (Wildman–Crippen LogP) is 9.26. The molecule has 0 aliphatic rings. The van der Waals surface area contributed by atoms with Crippen LogP contribution in [0.5, 0.6) is 0 Å². The third-order valence-electron chi connectivity index (χ3n) is 5.83. The van der Waals surface area contributed by atoms with E-state index in [1.165, 1.54) is 9.79 Å². The molecular formula is C29H25Cl2N3S. The van der Waals surface area contributed by atoms with Gasteiger partial charge in [0, 0.05) is 26.3 Å². The van der Waals surface area contributed by atoms with Gasteiger partial charge in [-0.1, -0.05) is 77.4 Å². The standard InChI is InChI=1S/C29H25Cl2N3S/c1-19(30)34(20(2)31)27-14-8-13-26-28(27)29(24-11-6-7-12-25(24)33-26)32-21-15-17-23(18-16-21)35-22-9-4-3-5-10-22/h3-20H,1-2H3,(H,32,33). The highest BCUT2D eigenvalue weighted by atomic mass is 35.5. The molecule has 0 saturated heterocycles. The minimum atomic E-state index is -0.290. The van der Waals surface area contributed by atoms with E-state index in [2.05, 4.69) is 66.0 Å². The summed E-state index contributed by atoms with van der Waals surface area (Å²) in [6.45, 7) is 3.87. The first kappa shape index (κ1) is 23.8. The van der Waals surface area contributed by atoms with Gasteiger partial charge in [-0.15, -0.1) is 0 Å². The molecule has 1 aromatic heterocycles. The summed E-state index contributed by atoms with van der Waals surface area (Å²) in [5, 5.41) is 5.73. The monoisotopic (exact) mass is 517 g/mol. The molecule has 5 aromatic rings. The Balaban J connectivity index is 1.61. The molecule has 4 aromatic carbocycles. The molecule has 0 radical (unpaired) electrons. The normalized spacial score (nSPS) is 13.0. The van der Waals surface area contributed by atoms with Crippen LogP contribution in [0.2, 0.25) is 0 Å². The van der Waals surface area contributed by atoms with E-state index in [0.29, 0.717) is 0 Å². The minimum absolute atomic E-state index is 0.290. The van der Waals surface area contributed by atoms with Crippen LogP contribution in [-0.4, -0.2) is 16.0 Å². The van der Waals surface area contributed by atoms with Crippen molar-refractivity contribution in [3.05, 3.63) is 97.1 Å². The summed E-state index contributed by atoms with van der Waals surface area (Å²) >= 11 is 14.9. The Morgan fingerprint density at radius 3 is 2.06 bits per heavy atom. The molecule has 2 atom stereocenters. The number of nitrogens with one attached hydrogen (secondary N) is 1. The van der Waals surface area contributed by atoms with Crippen LogP contribution in [-0.2, 0) is 0 Å². The van der Waals surface area contributed by atoms with Crippen LogP contribution < -0.4 is 10.2 Å². The largest absolute Gasteiger partial charge is 0.354 e. The van der Waals surface area contributed by atoms with Gasteiger partial charge in [0.15, 0.2) is 0 Å². The number of para-hydroxylation sites is 1. The molecule has 0 amide bonds. The molecule has 35 heavy (non-hydrogen) atoms. The van der Waals surface area contributed by atoms with Gasteiger partial charge in [-0.2, -0.15) is 0 Å². The molecule has 0 saturated carbocycles. The van der Waals surface area contributed by atoms with Crippen molar-refractivity contribution in [1.29, 1.82) is 0 Å². The van der Waals surface area contributed by atoms with Crippen LogP contribution in [0.1, 0.15) is 13.8 Å². The molecule has 1 heterocycles. The number of alkyl halides is 2. The molecule has 3 nitrogen and oxygen atoms in total. The first-order valence-corrected chi connectivity index (χ1v) is 13.2. The number of hydrogen-bond acceptors (Lipinski definition) is 4. The Kier molecular flexibility index (Phi) is 7.05. The minimum Gasteiger partial charge on any atom is -0.354 e. The number of anilines is 3. The van der Waals surface area contributed by atoms with Gasteiger partial charge in [0.1, 0.15) is 11.0 Å². The topological polar surface area (TPSA) is 28.2 Å². The molecule has 0 fully saturated rings. The maximum Gasteiger partial charge on any atom is 0.102 e. The molecule has 5 rings (SSSR count). The van der Waals surface area contributed by atoms with Crippen LogP contribution in [0.25, 0.3) is 21.8 Å². The number of aromatic nitrogens is 1. The molecule has 0 spiro atoms. The molecule has 0 bridgehead atoms. The van der Waals surface area contributed by atoms with Crippen LogP contribution in [0.15, 0.2) is 107 Å². The predicted molar refractivity (Wildman–Crippen MR) is 153 cm³/mol. The highest BCUT2D eigenvalue weighted by Crippen LogP contribution is 2.41. The van der Waals surface area contributed by atoms with E-state index in [0.717, 1.165) is 38.9 Å². The molecule has 1 N–H and O–H groups in total. The summed E-state index contributed by atoms with van der Waals surface area (Å²) in [6, 6.07) is 33.2. The van der Waals surface area contributed by atoms with Gasteiger partial charge < -0.3 is 10.2 Å². The molecule has 0 aliphatic carbocycles. The van der Waals surface area contributed by atoms with Gasteiger partial charge in [-0.25, -0.2) is 4.98 Å². The van der Waals surface area contributed by atoms with Crippen molar-refractivity contribution in [1.82, 2.24) is 4.98 Å². The first-order chi connectivity index (χ1) is 17.0. The summed E-state index contributed by atoms with van der Waals surface area (Å²) in [7, 11) is 0. The second-order valence-electron chi connectivity index (χ2n) is 8.29. The van der Waals surface area contributed by atoms with E-state index in [-0.39, 0.29) is 11.0 Å². The van der Waals surface area contributed by atoms with Crippen LogP contribution in [0.4, 0.5) is 17.1 Å². The Hall–Kier alpha value is -2.92. The van der Waals surface area contributed by atoms with Gasteiger partial charge in [-0.05, 0) is 68.4 Å². The van der Waals surface area contributed by atoms with E-state index in [1.54, 1.807) is 11.8 Å². The quantitative estimate of drug-likeness (QED) is 0.132. The average Bonchev–Trinajstić information content (AvgIpc) is 2.85. The number of nitrogens with zero attached hydrogens (tertiary/aromatic N) is 2. The molecular weight excluding hydrogens is 493 g/mol. The molecule has 6 heteroatoms. The van der Waals surface area contributed by atoms with Gasteiger partial charge >= 0.3 is 0 Å². The maximum absolute atomic E-state index is 6.59. The average molecular weight is 519 g/mol. The van der Waals surface area contributed by atoms with Gasteiger partial charge in [0.2, 0.25) is 0 Å². The second-order valence-corrected chi connectivity index (χ2v) is 10.7. The fourth-order valence-corrected chi connectivity index (χ4v) is 5.75. The molecule has 0 aliphatic heterocycles. The van der Waals surface area contributed by atoms with Gasteiger partial charge in [0.05, 0.1) is 22.4 Å². The fourth-order valence-electron chi connectivity index (χ4n) is 4.31. The Morgan fingerprint density at radius 1 is 0.714 bits per heavy atom. The number of fused-ring (bicyclic) bond motifs is 2. The molecule has 2 unspecified atom stereocenters. The smallest absolute Gasteiger partial charge is 0.102 e. The van der Waals surface area contributed by atoms with Crippen molar-refractivity contribution in [2.75, 3.05) is 10.2 Å². The first-order valence-electron chi connectivity index (χ1n) is 11.5. The zero-order valence-corrected chi connectivity index (χ0v) is 21.8. The number of benzene rings is 4. The third kappa shape index (κ3) is 5.06. The third-order valence-corrected chi connectivity index (χ3v) is 7.27. The SMILES string of the molecule is CC(Cl)N(c1cccc2nc3ccccc3c(Nc3ccc(Sc4ccccc4)cc3)c12)C(C)Cl. The van der Waals surface area contributed by atoms with Crippen molar-refractivity contribution in [2.45, 2.75) is 34.6 Å². The summed E-state index contributed by atoms with van der Waals surface area (Å²) in [4.78, 5) is 9.36. The Bertz CT molecular complexity index is 1450. The maximum atomic E-state index is 6.59. The Morgan fingerprint density at radius 2 is 1.34 bits per heavy atom. The lowest BCUT2D eigenvalue weighted by atomic mass is 10.0. The van der Waals surface area contributed by atoms with E-state index >= 15 is 0 Å². The van der Waals surface area contributed by atoms with Gasteiger partial charge in [0.25, 0.3) is 0 Å². The lowest BCUT2D eigenvalue weighted by molar-refractivity contribution is 0.773. The highest BCUT2D eigenvalue weighted by Gasteiger charge is 2.22. The second kappa shape index (κ2) is 10.4. The zero-order valence-electron chi connectivity index (χ0n) is 19.5.